The second kappa shape index (κ2) is 7.35. The van der Waals surface area contributed by atoms with Crippen molar-refractivity contribution in [2.75, 3.05) is 31.1 Å². The number of carbonyl (C=O) groups excluding carboxylic acids is 1. The molecule has 0 atom stereocenters. The summed E-state index contributed by atoms with van der Waals surface area (Å²) in [6.45, 7) is 1.06. The van der Waals surface area contributed by atoms with Gasteiger partial charge in [-0.2, -0.15) is 13.2 Å². The van der Waals surface area contributed by atoms with E-state index in [4.69, 9.17) is 16.7 Å². The smallest absolute Gasteiger partial charge is 0.395 e. The number of hydrogen-bond acceptors (Lipinski definition) is 4. The Labute approximate surface area is 136 Å². The monoisotopic (exact) mass is 351 g/mol. The Hall–Kier alpha value is -1.54. The Morgan fingerprint density at radius 3 is 2.61 bits per heavy atom. The highest BCUT2D eigenvalue weighted by Crippen LogP contribution is 2.34. The van der Waals surface area contributed by atoms with E-state index in [0.717, 1.165) is 12.3 Å². The maximum atomic E-state index is 12.6. The summed E-state index contributed by atoms with van der Waals surface area (Å²) < 4.78 is 37.8. The minimum absolute atomic E-state index is 0.0528. The van der Waals surface area contributed by atoms with Crippen LogP contribution in [0, 0.1) is 5.92 Å². The van der Waals surface area contributed by atoms with Crippen molar-refractivity contribution in [3.8, 4) is 0 Å². The quantitative estimate of drug-likeness (QED) is 0.871. The second-order valence-electron chi connectivity index (χ2n) is 5.30. The highest BCUT2D eigenvalue weighted by molar-refractivity contribution is 6.33. The first-order chi connectivity index (χ1) is 10.8. The minimum Gasteiger partial charge on any atom is -0.395 e. The molecule has 0 bridgehead atoms. The van der Waals surface area contributed by atoms with Gasteiger partial charge >= 0.3 is 6.18 Å². The summed E-state index contributed by atoms with van der Waals surface area (Å²) in [6, 6.07) is 0.865. The van der Waals surface area contributed by atoms with E-state index in [1.807, 2.05) is 0 Å². The Kier molecular flexibility index (Phi) is 5.69. The molecule has 128 valence electrons. The average molecular weight is 352 g/mol. The number of piperidine rings is 1. The minimum atomic E-state index is -4.48. The van der Waals surface area contributed by atoms with Gasteiger partial charge in [-0.25, -0.2) is 4.98 Å². The molecule has 0 aliphatic carbocycles. The largest absolute Gasteiger partial charge is 0.417 e. The first-order valence-corrected chi connectivity index (χ1v) is 7.57. The van der Waals surface area contributed by atoms with Gasteiger partial charge < -0.3 is 15.3 Å². The van der Waals surface area contributed by atoms with Crippen LogP contribution in [0.25, 0.3) is 0 Å². The maximum absolute atomic E-state index is 12.6. The Morgan fingerprint density at radius 2 is 2.09 bits per heavy atom. The van der Waals surface area contributed by atoms with E-state index in [9.17, 15) is 18.0 Å². The number of hydrogen-bond donors (Lipinski definition) is 2. The molecule has 2 heterocycles. The van der Waals surface area contributed by atoms with E-state index >= 15 is 0 Å². The molecule has 2 rings (SSSR count). The number of rotatable bonds is 4. The lowest BCUT2D eigenvalue weighted by atomic mass is 9.96. The molecule has 0 radical (unpaired) electrons. The molecular weight excluding hydrogens is 335 g/mol. The molecule has 1 amide bonds. The van der Waals surface area contributed by atoms with Gasteiger partial charge in [0.05, 0.1) is 17.2 Å². The number of nitrogens with one attached hydrogen (secondary N) is 1. The molecule has 1 aliphatic rings. The van der Waals surface area contributed by atoms with E-state index in [1.54, 1.807) is 4.90 Å². The molecule has 5 nitrogen and oxygen atoms in total. The molecular formula is C14H17ClF3N3O2. The standard InChI is InChI=1S/C14H17ClF3N3O2/c15-11-7-10(14(16,17)18)8-20-12(11)21-4-1-9(2-5-21)13(23)19-3-6-22/h7-9,22H,1-6H2,(H,19,23). The lowest BCUT2D eigenvalue weighted by molar-refractivity contribution is -0.137. The van der Waals surface area contributed by atoms with Crippen LogP contribution < -0.4 is 10.2 Å². The third kappa shape index (κ3) is 4.48. The van der Waals surface area contributed by atoms with Crippen LogP contribution >= 0.6 is 11.6 Å². The molecule has 0 unspecified atom stereocenters. The summed E-state index contributed by atoms with van der Waals surface area (Å²) in [5, 5.41) is 11.3. The van der Waals surface area contributed by atoms with E-state index in [-0.39, 0.29) is 30.0 Å². The van der Waals surface area contributed by atoms with Crippen LogP contribution in [0.3, 0.4) is 0 Å². The molecule has 2 N–H and O–H groups in total. The topological polar surface area (TPSA) is 65.5 Å². The predicted octanol–water partition coefficient (Wildman–Crippen LogP) is 2.08. The third-order valence-corrected chi connectivity index (χ3v) is 4.00. The number of aromatic nitrogens is 1. The fourth-order valence-electron chi connectivity index (χ4n) is 2.50. The highest BCUT2D eigenvalue weighted by atomic mass is 35.5. The number of alkyl halides is 3. The summed E-state index contributed by atoms with van der Waals surface area (Å²) in [5.74, 6) is 0.00471. The molecule has 0 spiro atoms. The van der Waals surface area contributed by atoms with Crippen LogP contribution in [-0.2, 0) is 11.0 Å². The van der Waals surface area contributed by atoms with Crippen molar-refractivity contribution in [2.24, 2.45) is 5.92 Å². The van der Waals surface area contributed by atoms with Crippen molar-refractivity contribution in [3.63, 3.8) is 0 Å². The number of halogens is 4. The van der Waals surface area contributed by atoms with E-state index in [0.29, 0.717) is 31.7 Å². The fraction of sp³-hybridized carbons (Fsp3) is 0.571. The van der Waals surface area contributed by atoms with Crippen LogP contribution in [0.4, 0.5) is 19.0 Å². The molecule has 9 heteroatoms. The van der Waals surface area contributed by atoms with Gasteiger partial charge in [0.15, 0.2) is 0 Å². The van der Waals surface area contributed by atoms with Crippen molar-refractivity contribution in [1.29, 1.82) is 0 Å². The zero-order valence-electron chi connectivity index (χ0n) is 12.2. The van der Waals surface area contributed by atoms with Crippen molar-refractivity contribution in [2.45, 2.75) is 19.0 Å². The summed E-state index contributed by atoms with van der Waals surface area (Å²) in [7, 11) is 0. The normalized spacial score (nSPS) is 16.5. The first-order valence-electron chi connectivity index (χ1n) is 7.19. The van der Waals surface area contributed by atoms with Gasteiger partial charge in [0, 0.05) is 31.7 Å². The van der Waals surface area contributed by atoms with Gasteiger partial charge in [0.25, 0.3) is 0 Å². The Morgan fingerprint density at radius 1 is 1.43 bits per heavy atom. The molecule has 1 fully saturated rings. The molecule has 1 aromatic heterocycles. The van der Waals surface area contributed by atoms with Gasteiger partial charge in [0.1, 0.15) is 5.82 Å². The average Bonchev–Trinajstić information content (AvgIpc) is 2.52. The lowest BCUT2D eigenvalue weighted by Gasteiger charge is -2.32. The second-order valence-corrected chi connectivity index (χ2v) is 5.71. The number of amides is 1. The Balaban J connectivity index is 1.99. The lowest BCUT2D eigenvalue weighted by Crippen LogP contribution is -2.41. The van der Waals surface area contributed by atoms with Gasteiger partial charge in [-0.05, 0) is 18.9 Å². The summed E-state index contributed by atoms with van der Waals surface area (Å²) in [5.41, 5.74) is -0.885. The predicted molar refractivity (Wildman–Crippen MR) is 79.3 cm³/mol. The highest BCUT2D eigenvalue weighted by Gasteiger charge is 2.32. The van der Waals surface area contributed by atoms with Crippen molar-refractivity contribution < 1.29 is 23.1 Å². The van der Waals surface area contributed by atoms with Crippen LogP contribution in [0.5, 0.6) is 0 Å². The third-order valence-electron chi connectivity index (χ3n) is 3.73. The van der Waals surface area contributed by atoms with Crippen LogP contribution in [-0.4, -0.2) is 42.2 Å². The van der Waals surface area contributed by atoms with Crippen LogP contribution in [0.2, 0.25) is 5.02 Å². The number of anilines is 1. The summed E-state index contributed by atoms with van der Waals surface area (Å²) in [4.78, 5) is 17.4. The van der Waals surface area contributed by atoms with Gasteiger partial charge in [0.2, 0.25) is 5.91 Å². The molecule has 23 heavy (non-hydrogen) atoms. The number of carbonyl (C=O) groups is 1. The zero-order valence-corrected chi connectivity index (χ0v) is 13.0. The molecule has 1 aliphatic heterocycles. The zero-order chi connectivity index (χ0) is 17.0. The van der Waals surface area contributed by atoms with E-state index in [2.05, 4.69) is 10.3 Å². The van der Waals surface area contributed by atoms with Crippen LogP contribution in [0.1, 0.15) is 18.4 Å². The first kappa shape index (κ1) is 17.8. The van der Waals surface area contributed by atoms with Crippen molar-refractivity contribution in [1.82, 2.24) is 10.3 Å². The number of pyridine rings is 1. The molecule has 0 aromatic carbocycles. The van der Waals surface area contributed by atoms with Gasteiger partial charge in [-0.3, -0.25) is 4.79 Å². The molecule has 1 aromatic rings. The maximum Gasteiger partial charge on any atom is 0.417 e. The van der Waals surface area contributed by atoms with E-state index < -0.39 is 11.7 Å². The number of aliphatic hydroxyl groups excluding tert-OH is 1. The van der Waals surface area contributed by atoms with Crippen molar-refractivity contribution in [3.05, 3.63) is 22.8 Å². The van der Waals surface area contributed by atoms with E-state index in [1.165, 1.54) is 0 Å². The number of aliphatic hydroxyl groups is 1. The fourth-order valence-corrected chi connectivity index (χ4v) is 2.78. The Bertz CT molecular complexity index is 561. The molecule has 0 saturated carbocycles. The SMILES string of the molecule is O=C(NCCO)C1CCN(c2ncc(C(F)(F)F)cc2Cl)CC1. The molecule has 1 saturated heterocycles. The summed E-state index contributed by atoms with van der Waals surface area (Å²) >= 11 is 5.93. The van der Waals surface area contributed by atoms with Crippen LogP contribution in [0.15, 0.2) is 12.3 Å². The number of nitrogens with zero attached hydrogens (tertiary/aromatic N) is 2. The van der Waals surface area contributed by atoms with Gasteiger partial charge in [-0.15, -0.1) is 0 Å². The van der Waals surface area contributed by atoms with Crippen molar-refractivity contribution >= 4 is 23.3 Å². The summed E-state index contributed by atoms with van der Waals surface area (Å²) in [6.07, 6.45) is -2.61. The van der Waals surface area contributed by atoms with Gasteiger partial charge in [-0.1, -0.05) is 11.6 Å².